The van der Waals surface area contributed by atoms with E-state index in [1.807, 2.05) is 0 Å². The summed E-state index contributed by atoms with van der Waals surface area (Å²) in [7, 11) is 0. The van der Waals surface area contributed by atoms with Crippen molar-refractivity contribution >= 4 is 11.1 Å². The van der Waals surface area contributed by atoms with Crippen molar-refractivity contribution in [2.24, 2.45) is 17.8 Å². The van der Waals surface area contributed by atoms with Gasteiger partial charge in [-0.25, -0.2) is 5.26 Å². The van der Waals surface area contributed by atoms with Crippen molar-refractivity contribution in [2.45, 2.75) is 37.4 Å². The summed E-state index contributed by atoms with van der Waals surface area (Å²) in [6.45, 7) is 0. The van der Waals surface area contributed by atoms with E-state index in [1.54, 1.807) is 0 Å². The van der Waals surface area contributed by atoms with Gasteiger partial charge in [-0.2, -0.15) is 8.78 Å². The van der Waals surface area contributed by atoms with Gasteiger partial charge < -0.3 is 0 Å². The molecule has 8 heteroatoms. The van der Waals surface area contributed by atoms with Crippen LogP contribution in [0.3, 0.4) is 0 Å². The second-order valence-electron chi connectivity index (χ2n) is 4.84. The van der Waals surface area contributed by atoms with Crippen molar-refractivity contribution in [3.05, 3.63) is 0 Å². The lowest BCUT2D eigenvalue weighted by atomic mass is 9.86. The number of hydrogen-bond acceptors (Lipinski definition) is 3. The average molecular weight is 278 g/mol. The van der Waals surface area contributed by atoms with Gasteiger partial charge in [0.1, 0.15) is 0 Å². The van der Waals surface area contributed by atoms with Gasteiger partial charge in [0.15, 0.2) is 0 Å². The summed E-state index contributed by atoms with van der Waals surface area (Å²) in [6.07, 6.45) is 2.45. The Morgan fingerprint density at radius 1 is 1.24 bits per heavy atom. The van der Waals surface area contributed by atoms with E-state index in [1.165, 1.54) is 0 Å². The van der Waals surface area contributed by atoms with Crippen molar-refractivity contribution in [1.29, 1.82) is 0 Å². The Morgan fingerprint density at radius 3 is 2.41 bits per heavy atom. The molecule has 2 aliphatic carbocycles. The summed E-state index contributed by atoms with van der Waals surface area (Å²) in [4.78, 5) is 0. The average Bonchev–Trinajstić information content (AvgIpc) is 2.77. The molecule has 0 aromatic carbocycles. The van der Waals surface area contributed by atoms with E-state index in [2.05, 4.69) is 9.37 Å². The van der Waals surface area contributed by atoms with Gasteiger partial charge in [0, 0.05) is 6.42 Å². The maximum Gasteiger partial charge on any atom is 0.353 e. The SMILES string of the molecule is OOOS(F)(F)C(F)(F)CC1CC2CCC1C2. The molecule has 0 aromatic rings. The number of hydrogen-bond donors (Lipinski definition) is 1. The third-order valence-electron chi connectivity index (χ3n) is 3.85. The van der Waals surface area contributed by atoms with E-state index in [4.69, 9.17) is 5.26 Å². The van der Waals surface area contributed by atoms with Crippen molar-refractivity contribution in [1.82, 2.24) is 0 Å². The van der Waals surface area contributed by atoms with Crippen LogP contribution in [-0.2, 0) is 9.37 Å². The Kier molecular flexibility index (Phi) is 3.59. The molecular weight excluding hydrogens is 264 g/mol. The molecule has 2 rings (SSSR count). The number of fused-ring (bicyclic) bond motifs is 2. The lowest BCUT2D eigenvalue weighted by Gasteiger charge is -2.31. The summed E-state index contributed by atoms with van der Waals surface area (Å²) in [5, 5.41) is 6.20. The Bertz CT molecular complexity index is 289. The molecule has 2 aliphatic rings. The second-order valence-corrected chi connectivity index (χ2v) is 6.42. The third-order valence-corrected chi connectivity index (χ3v) is 4.94. The van der Waals surface area contributed by atoms with E-state index >= 15 is 0 Å². The first kappa shape index (κ1) is 13.4. The smallest absolute Gasteiger partial charge is 0.220 e. The summed E-state index contributed by atoms with van der Waals surface area (Å²) in [5.74, 6) is 0.181. The number of alkyl halides is 2. The van der Waals surface area contributed by atoms with Crippen molar-refractivity contribution in [3.8, 4) is 0 Å². The van der Waals surface area contributed by atoms with Crippen LogP contribution in [-0.4, -0.2) is 10.5 Å². The zero-order chi connectivity index (χ0) is 12.7. The lowest BCUT2D eigenvalue weighted by Crippen LogP contribution is -2.27. The van der Waals surface area contributed by atoms with E-state index < -0.39 is 22.8 Å². The highest BCUT2D eigenvalue weighted by atomic mass is 32.3. The van der Waals surface area contributed by atoms with Gasteiger partial charge in [0.2, 0.25) is 0 Å². The van der Waals surface area contributed by atoms with Crippen molar-refractivity contribution in [2.75, 3.05) is 0 Å². The zero-order valence-electron chi connectivity index (χ0n) is 8.95. The van der Waals surface area contributed by atoms with E-state index in [0.29, 0.717) is 12.3 Å². The van der Waals surface area contributed by atoms with Crippen LogP contribution < -0.4 is 0 Å². The van der Waals surface area contributed by atoms with Crippen LogP contribution in [0.4, 0.5) is 16.6 Å². The fourth-order valence-electron chi connectivity index (χ4n) is 3.12. The molecule has 0 heterocycles. The van der Waals surface area contributed by atoms with Crippen LogP contribution in [0, 0.1) is 17.8 Å². The largest absolute Gasteiger partial charge is 0.353 e. The first-order valence-corrected chi connectivity index (χ1v) is 6.81. The summed E-state index contributed by atoms with van der Waals surface area (Å²) in [5.41, 5.74) is 0. The van der Waals surface area contributed by atoms with Crippen LogP contribution in [0.2, 0.25) is 0 Å². The van der Waals surface area contributed by atoms with Gasteiger partial charge in [-0.3, -0.25) is 0 Å². The fraction of sp³-hybridized carbons (Fsp3) is 1.00. The van der Waals surface area contributed by atoms with Crippen LogP contribution in [0.25, 0.3) is 0 Å². The maximum atomic E-state index is 13.3. The van der Waals surface area contributed by atoms with Gasteiger partial charge in [0.05, 0.1) is 0 Å². The predicted octanol–water partition coefficient (Wildman–Crippen LogP) is 4.32. The molecule has 17 heavy (non-hydrogen) atoms. The van der Waals surface area contributed by atoms with Crippen LogP contribution in [0.15, 0.2) is 0 Å². The van der Waals surface area contributed by atoms with Crippen molar-refractivity contribution in [3.63, 3.8) is 0 Å². The minimum Gasteiger partial charge on any atom is -0.220 e. The third kappa shape index (κ3) is 2.54. The van der Waals surface area contributed by atoms with Gasteiger partial charge in [-0.1, -0.05) is 15.8 Å². The van der Waals surface area contributed by atoms with Crippen LogP contribution >= 0.6 is 11.1 Å². The highest BCUT2D eigenvalue weighted by molar-refractivity contribution is 8.22. The van der Waals surface area contributed by atoms with E-state index in [9.17, 15) is 16.6 Å². The molecule has 0 aliphatic heterocycles. The molecule has 102 valence electrons. The molecule has 2 saturated carbocycles. The zero-order valence-corrected chi connectivity index (χ0v) is 9.77. The molecule has 0 saturated heterocycles. The Morgan fingerprint density at radius 2 is 1.94 bits per heavy atom. The molecule has 2 bridgehead atoms. The topological polar surface area (TPSA) is 38.7 Å². The number of halogens is 4. The molecule has 3 atom stereocenters. The highest BCUT2D eigenvalue weighted by Crippen LogP contribution is 2.68. The molecule has 1 N–H and O–H groups in total. The Balaban J connectivity index is 1.97. The van der Waals surface area contributed by atoms with Crippen LogP contribution in [0.1, 0.15) is 32.1 Å². The standard InChI is InChI=1S/C9H14F4O3S/c10-9(11,17(12,13)16-15-14)5-8-4-6-1-2-7(8)3-6/h6-8,14H,1-5H2. The maximum absolute atomic E-state index is 13.3. The molecule has 3 nitrogen and oxygen atoms in total. The normalized spacial score (nSPS) is 34.3. The second kappa shape index (κ2) is 4.56. The van der Waals surface area contributed by atoms with E-state index in [0.717, 1.165) is 19.3 Å². The van der Waals surface area contributed by atoms with Crippen molar-refractivity contribution < 1.29 is 31.2 Å². The minimum absolute atomic E-state index is 0.135. The number of rotatable bonds is 5. The first-order valence-electron chi connectivity index (χ1n) is 5.45. The van der Waals surface area contributed by atoms with Gasteiger partial charge in [0.25, 0.3) is 11.1 Å². The lowest BCUT2D eigenvalue weighted by molar-refractivity contribution is -0.440. The first-order chi connectivity index (χ1) is 7.86. The minimum atomic E-state index is -5.72. The summed E-state index contributed by atoms with van der Waals surface area (Å²) >= 11 is -5.72. The van der Waals surface area contributed by atoms with E-state index in [-0.39, 0.29) is 11.8 Å². The molecule has 0 amide bonds. The monoisotopic (exact) mass is 278 g/mol. The molecule has 0 radical (unpaired) electrons. The molecule has 3 unspecified atom stereocenters. The molecule has 0 aromatic heterocycles. The highest BCUT2D eigenvalue weighted by Gasteiger charge is 2.57. The van der Waals surface area contributed by atoms with Gasteiger partial charge in [-0.15, -0.1) is 7.77 Å². The summed E-state index contributed by atoms with van der Waals surface area (Å²) in [6, 6.07) is 0. The Labute approximate surface area is 98.0 Å². The quantitative estimate of drug-likeness (QED) is 0.462. The van der Waals surface area contributed by atoms with Crippen LogP contribution in [0.5, 0.6) is 0 Å². The Hall–Kier alpha value is -0.0500. The predicted molar refractivity (Wildman–Crippen MR) is 53.1 cm³/mol. The molecule has 0 spiro atoms. The van der Waals surface area contributed by atoms with Gasteiger partial charge >= 0.3 is 5.25 Å². The molecular formula is C9H14F4O3S. The molecule has 2 fully saturated rings. The summed E-state index contributed by atoms with van der Waals surface area (Å²) < 4.78 is 55.6. The van der Waals surface area contributed by atoms with Gasteiger partial charge in [-0.05, 0) is 37.0 Å². The fourth-order valence-corrected chi connectivity index (χ4v) is 3.70.